The van der Waals surface area contributed by atoms with Gasteiger partial charge in [0.05, 0.1) is 28.1 Å². The Morgan fingerprint density at radius 3 is 2.68 bits per heavy atom. The second-order valence-electron chi connectivity index (χ2n) is 6.84. The van der Waals surface area contributed by atoms with Crippen LogP contribution in [0.3, 0.4) is 0 Å². The number of para-hydroxylation sites is 2. The Labute approximate surface area is 187 Å². The van der Waals surface area contributed by atoms with Crippen LogP contribution in [0.15, 0.2) is 81.1 Å². The predicted octanol–water partition coefficient (Wildman–Crippen LogP) is 4.39. The first kappa shape index (κ1) is 21.0. The Balaban J connectivity index is 1.63. The second-order valence-corrected chi connectivity index (χ2v) is 8.73. The van der Waals surface area contributed by atoms with Crippen molar-refractivity contribution in [3.8, 4) is 5.69 Å². The van der Waals surface area contributed by atoms with Gasteiger partial charge >= 0.3 is 0 Å². The molecule has 0 fully saturated rings. The predicted molar refractivity (Wildman–Crippen MR) is 127 cm³/mol. The summed E-state index contributed by atoms with van der Waals surface area (Å²) in [5.74, 6) is -0.183. The Kier molecular flexibility index (Phi) is 6.29. The smallest absolute Gasteiger partial charge is 0.266 e. The number of nitrogens with zero attached hydrogens (tertiary/aromatic N) is 3. The molecule has 0 aliphatic carbocycles. The Morgan fingerprint density at radius 1 is 1.13 bits per heavy atom. The van der Waals surface area contributed by atoms with Crippen LogP contribution in [-0.2, 0) is 4.79 Å². The minimum Gasteiger partial charge on any atom is -0.272 e. The van der Waals surface area contributed by atoms with Crippen molar-refractivity contribution in [2.24, 2.45) is 5.10 Å². The molecule has 0 saturated heterocycles. The fraction of sp³-hybridized carbons (Fsp3) is 0.130. The molecular formula is C23H20N4O2S2. The largest absolute Gasteiger partial charge is 0.272 e. The highest BCUT2D eigenvalue weighted by Gasteiger charge is 2.16. The lowest BCUT2D eigenvalue weighted by Crippen LogP contribution is -2.24. The van der Waals surface area contributed by atoms with E-state index in [9.17, 15) is 9.59 Å². The summed E-state index contributed by atoms with van der Waals surface area (Å²) < 4.78 is 1.58. The molecule has 0 unspecified atom stereocenters. The summed E-state index contributed by atoms with van der Waals surface area (Å²) in [6.07, 6.45) is 0. The maximum absolute atomic E-state index is 13.3. The molecular weight excluding hydrogens is 428 g/mol. The van der Waals surface area contributed by atoms with E-state index in [2.05, 4.69) is 15.5 Å². The molecule has 0 radical (unpaired) electrons. The third-order valence-electron chi connectivity index (χ3n) is 4.66. The summed E-state index contributed by atoms with van der Waals surface area (Å²) in [6.45, 7) is 3.79. The van der Waals surface area contributed by atoms with E-state index in [0.717, 1.165) is 21.8 Å². The van der Waals surface area contributed by atoms with Crippen LogP contribution in [0.1, 0.15) is 17.4 Å². The SMILES string of the molecule is C/C(=N/NC(=O)CSc1nc2ccccc2c(=O)n1-c1ccccc1C)c1cccs1. The zero-order chi connectivity index (χ0) is 21.8. The molecule has 8 heteroatoms. The number of thiophene rings is 1. The van der Waals surface area contributed by atoms with E-state index in [4.69, 9.17) is 0 Å². The lowest BCUT2D eigenvalue weighted by Gasteiger charge is -2.14. The van der Waals surface area contributed by atoms with Crippen molar-refractivity contribution in [3.63, 3.8) is 0 Å². The first-order chi connectivity index (χ1) is 15.0. The van der Waals surface area contributed by atoms with Gasteiger partial charge in [0.2, 0.25) is 0 Å². The van der Waals surface area contributed by atoms with Gasteiger partial charge in [0.1, 0.15) is 0 Å². The number of amides is 1. The van der Waals surface area contributed by atoms with E-state index < -0.39 is 0 Å². The van der Waals surface area contributed by atoms with Gasteiger partial charge < -0.3 is 0 Å². The average Bonchev–Trinajstić information content (AvgIpc) is 3.32. The number of aromatic nitrogens is 2. The van der Waals surface area contributed by atoms with Crippen LogP contribution in [-0.4, -0.2) is 26.9 Å². The molecule has 2 aromatic heterocycles. The zero-order valence-electron chi connectivity index (χ0n) is 17.0. The molecule has 6 nitrogen and oxygen atoms in total. The van der Waals surface area contributed by atoms with Gasteiger partial charge in [-0.15, -0.1) is 11.3 Å². The fourth-order valence-corrected chi connectivity index (χ4v) is 4.56. The normalized spacial score (nSPS) is 11.6. The molecule has 0 aliphatic heterocycles. The number of fused-ring (bicyclic) bond motifs is 1. The molecule has 0 atom stereocenters. The number of nitrogens with one attached hydrogen (secondary N) is 1. The highest BCUT2D eigenvalue weighted by atomic mass is 32.2. The van der Waals surface area contributed by atoms with Gasteiger partial charge in [-0.25, -0.2) is 10.4 Å². The highest BCUT2D eigenvalue weighted by molar-refractivity contribution is 7.99. The van der Waals surface area contributed by atoms with Crippen molar-refractivity contribution >= 4 is 45.6 Å². The van der Waals surface area contributed by atoms with Crippen molar-refractivity contribution in [1.82, 2.24) is 15.0 Å². The standard InChI is InChI=1S/C23H20N4O2S2/c1-15-8-3-6-11-19(15)27-22(29)17-9-4-5-10-18(17)24-23(27)31-14-21(28)26-25-16(2)20-12-7-13-30-20/h3-13H,14H2,1-2H3,(H,26,28)/b25-16-. The maximum atomic E-state index is 13.3. The summed E-state index contributed by atoms with van der Waals surface area (Å²) in [4.78, 5) is 31.4. The van der Waals surface area contributed by atoms with Crippen LogP contribution in [0.5, 0.6) is 0 Å². The number of hydrogen-bond donors (Lipinski definition) is 1. The van der Waals surface area contributed by atoms with Crippen molar-refractivity contribution in [2.45, 2.75) is 19.0 Å². The molecule has 31 heavy (non-hydrogen) atoms. The molecule has 4 aromatic rings. The lowest BCUT2D eigenvalue weighted by molar-refractivity contribution is -0.118. The number of thioether (sulfide) groups is 1. The molecule has 0 aliphatic rings. The molecule has 0 bridgehead atoms. The molecule has 1 N–H and O–H groups in total. The van der Waals surface area contributed by atoms with Gasteiger partial charge in [-0.3, -0.25) is 14.2 Å². The van der Waals surface area contributed by atoms with Crippen LogP contribution < -0.4 is 11.0 Å². The zero-order valence-corrected chi connectivity index (χ0v) is 18.7. The number of hydrazone groups is 1. The Hall–Kier alpha value is -3.23. The van der Waals surface area contributed by atoms with E-state index in [1.165, 1.54) is 11.8 Å². The van der Waals surface area contributed by atoms with Crippen LogP contribution in [0.4, 0.5) is 0 Å². The first-order valence-corrected chi connectivity index (χ1v) is 11.5. The summed E-state index contributed by atoms with van der Waals surface area (Å²) in [6, 6.07) is 18.8. The van der Waals surface area contributed by atoms with Crippen molar-refractivity contribution in [1.29, 1.82) is 0 Å². The number of rotatable bonds is 6. The number of carbonyl (C=O) groups is 1. The Bertz CT molecular complexity index is 1330. The maximum Gasteiger partial charge on any atom is 0.266 e. The van der Waals surface area contributed by atoms with Gasteiger partial charge in [0.25, 0.3) is 11.5 Å². The Morgan fingerprint density at radius 2 is 1.90 bits per heavy atom. The fourth-order valence-electron chi connectivity index (χ4n) is 3.08. The van der Waals surface area contributed by atoms with Gasteiger partial charge in [-0.05, 0) is 49.1 Å². The minimum atomic E-state index is -0.264. The van der Waals surface area contributed by atoms with Crippen LogP contribution in [0, 0.1) is 6.92 Å². The summed E-state index contributed by atoms with van der Waals surface area (Å²) in [5, 5.41) is 7.13. The number of aryl methyl sites for hydroxylation is 1. The molecule has 1 amide bonds. The summed E-state index contributed by atoms with van der Waals surface area (Å²) in [5.41, 5.74) is 5.47. The third-order valence-corrected chi connectivity index (χ3v) is 6.58. The number of benzene rings is 2. The topological polar surface area (TPSA) is 76.3 Å². The van der Waals surface area contributed by atoms with Gasteiger partial charge in [-0.1, -0.05) is 48.2 Å². The summed E-state index contributed by atoms with van der Waals surface area (Å²) >= 11 is 2.77. The molecule has 0 saturated carbocycles. The second kappa shape index (κ2) is 9.28. The minimum absolute atomic E-state index is 0.0812. The van der Waals surface area contributed by atoms with Gasteiger partial charge in [0, 0.05) is 4.88 Å². The molecule has 4 rings (SSSR count). The van der Waals surface area contributed by atoms with E-state index in [-0.39, 0.29) is 17.2 Å². The third kappa shape index (κ3) is 4.60. The van der Waals surface area contributed by atoms with Gasteiger partial charge in [-0.2, -0.15) is 5.10 Å². The van der Waals surface area contributed by atoms with Crippen molar-refractivity contribution < 1.29 is 4.79 Å². The molecule has 2 aromatic carbocycles. The highest BCUT2D eigenvalue weighted by Crippen LogP contribution is 2.23. The molecule has 0 spiro atoms. The molecule has 156 valence electrons. The van der Waals surface area contributed by atoms with Crippen LogP contribution >= 0.6 is 23.1 Å². The van der Waals surface area contributed by atoms with Gasteiger partial charge in [0.15, 0.2) is 5.16 Å². The first-order valence-electron chi connectivity index (χ1n) is 9.62. The van der Waals surface area contributed by atoms with Crippen LogP contribution in [0.2, 0.25) is 0 Å². The lowest BCUT2D eigenvalue weighted by atomic mass is 10.2. The monoisotopic (exact) mass is 448 g/mol. The number of hydrogen-bond acceptors (Lipinski definition) is 6. The summed E-state index contributed by atoms with van der Waals surface area (Å²) in [7, 11) is 0. The van der Waals surface area contributed by atoms with Crippen molar-refractivity contribution in [3.05, 3.63) is 86.8 Å². The quantitative estimate of drug-likeness (QED) is 0.205. The average molecular weight is 449 g/mol. The van der Waals surface area contributed by atoms with E-state index in [1.54, 1.807) is 28.0 Å². The number of carbonyl (C=O) groups excluding carboxylic acids is 1. The van der Waals surface area contributed by atoms with Crippen molar-refractivity contribution in [2.75, 3.05) is 5.75 Å². The van der Waals surface area contributed by atoms with Crippen LogP contribution in [0.25, 0.3) is 16.6 Å². The van der Waals surface area contributed by atoms with E-state index in [1.807, 2.05) is 67.8 Å². The van der Waals surface area contributed by atoms with E-state index in [0.29, 0.717) is 16.1 Å². The molecule has 2 heterocycles. The van der Waals surface area contributed by atoms with E-state index >= 15 is 0 Å².